The van der Waals surface area contributed by atoms with Crippen LogP contribution in [0.25, 0.3) is 22.2 Å². The van der Waals surface area contributed by atoms with Crippen molar-refractivity contribution in [2.45, 2.75) is 26.0 Å². The van der Waals surface area contributed by atoms with Crippen LogP contribution in [-0.4, -0.2) is 36.4 Å². The Labute approximate surface area is 191 Å². The fraction of sp³-hybridized carbons (Fsp3) is 0.240. The smallest absolute Gasteiger partial charge is 0.261 e. The molecule has 0 unspecified atom stereocenters. The van der Waals surface area contributed by atoms with E-state index < -0.39 is 6.10 Å². The first-order chi connectivity index (χ1) is 16.1. The zero-order valence-corrected chi connectivity index (χ0v) is 18.7. The zero-order chi connectivity index (χ0) is 23.2. The highest BCUT2D eigenvalue weighted by atomic mass is 16.5. The number of hydrogen-bond donors (Lipinski definition) is 1. The summed E-state index contributed by atoms with van der Waals surface area (Å²) in [7, 11) is 3.14. The van der Waals surface area contributed by atoms with Crippen molar-refractivity contribution in [1.29, 1.82) is 0 Å². The molecule has 8 heteroatoms. The maximum Gasteiger partial charge on any atom is 0.261 e. The lowest BCUT2D eigenvalue weighted by molar-refractivity contribution is -0.128. The Morgan fingerprint density at radius 2 is 1.79 bits per heavy atom. The molecule has 8 nitrogen and oxygen atoms in total. The molecule has 1 aromatic heterocycles. The number of carbonyl (C=O) groups excluding carboxylic acids is 1. The minimum absolute atomic E-state index is 0.0852. The normalized spacial score (nSPS) is 11.7. The summed E-state index contributed by atoms with van der Waals surface area (Å²) in [4.78, 5) is 17.1. The number of rotatable bonds is 9. The maximum absolute atomic E-state index is 12.7. The van der Waals surface area contributed by atoms with Crippen LogP contribution in [0.1, 0.15) is 19.2 Å². The number of fused-ring (bicyclic) bond motifs is 1. The fourth-order valence-electron chi connectivity index (χ4n) is 3.42. The van der Waals surface area contributed by atoms with Gasteiger partial charge in [-0.25, -0.2) is 0 Å². The molecular formula is C25H25N3O5. The minimum atomic E-state index is -0.643. The monoisotopic (exact) mass is 447 g/mol. The Hall–Kier alpha value is -4.07. The van der Waals surface area contributed by atoms with Crippen LogP contribution in [0, 0.1) is 0 Å². The molecular weight excluding hydrogens is 422 g/mol. The first-order valence-corrected chi connectivity index (χ1v) is 10.6. The van der Waals surface area contributed by atoms with Crippen molar-refractivity contribution < 1.29 is 23.5 Å². The molecule has 3 aromatic carbocycles. The van der Waals surface area contributed by atoms with Gasteiger partial charge in [0.1, 0.15) is 17.2 Å². The van der Waals surface area contributed by atoms with Crippen LogP contribution in [0.3, 0.4) is 0 Å². The van der Waals surface area contributed by atoms with Gasteiger partial charge in [0, 0.05) is 6.07 Å². The molecule has 1 amide bonds. The number of methoxy groups -OCH3 is 2. The molecule has 0 radical (unpaired) electrons. The molecule has 0 saturated carbocycles. The van der Waals surface area contributed by atoms with Gasteiger partial charge in [-0.05, 0) is 41.5 Å². The number of benzene rings is 3. The van der Waals surface area contributed by atoms with Gasteiger partial charge < -0.3 is 24.1 Å². The lowest BCUT2D eigenvalue weighted by Crippen LogP contribution is -2.37. The zero-order valence-electron chi connectivity index (χ0n) is 18.7. The van der Waals surface area contributed by atoms with E-state index in [0.717, 1.165) is 10.8 Å². The second kappa shape index (κ2) is 10.0. The number of ether oxygens (including phenoxy) is 3. The van der Waals surface area contributed by atoms with Crippen molar-refractivity contribution in [2.75, 3.05) is 14.2 Å². The van der Waals surface area contributed by atoms with Gasteiger partial charge in [0.25, 0.3) is 5.91 Å². The average Bonchev–Trinajstić information content (AvgIpc) is 3.34. The molecule has 1 N–H and O–H groups in total. The highest BCUT2D eigenvalue weighted by Gasteiger charge is 2.20. The SMILES string of the molecule is CC[C@H](Oc1ccc2ccccc2c1)C(=O)NCc1nc(-c2ccc(OC)cc2OC)no1. The summed E-state index contributed by atoms with van der Waals surface area (Å²) in [6, 6.07) is 19.1. The molecule has 170 valence electrons. The average molecular weight is 447 g/mol. The highest BCUT2D eigenvalue weighted by molar-refractivity contribution is 5.84. The third-order valence-corrected chi connectivity index (χ3v) is 5.19. The predicted molar refractivity (Wildman–Crippen MR) is 123 cm³/mol. The summed E-state index contributed by atoms with van der Waals surface area (Å²) in [5, 5.41) is 8.98. The first kappa shape index (κ1) is 22.1. The summed E-state index contributed by atoms with van der Waals surface area (Å²) in [5.74, 6) is 2.23. The van der Waals surface area contributed by atoms with Crippen LogP contribution >= 0.6 is 0 Å². The Morgan fingerprint density at radius 1 is 1.00 bits per heavy atom. The third kappa shape index (κ3) is 5.06. The number of hydrogen-bond acceptors (Lipinski definition) is 7. The van der Waals surface area contributed by atoms with Crippen molar-refractivity contribution in [2.24, 2.45) is 0 Å². The van der Waals surface area contributed by atoms with Gasteiger partial charge in [-0.3, -0.25) is 4.79 Å². The number of amides is 1. The Bertz CT molecular complexity index is 1250. The van der Waals surface area contributed by atoms with E-state index in [2.05, 4.69) is 15.5 Å². The van der Waals surface area contributed by atoms with Gasteiger partial charge in [0.2, 0.25) is 11.7 Å². The van der Waals surface area contributed by atoms with Crippen molar-refractivity contribution in [3.63, 3.8) is 0 Å². The second-order valence-corrected chi connectivity index (χ2v) is 7.32. The van der Waals surface area contributed by atoms with Crippen LogP contribution < -0.4 is 19.5 Å². The van der Waals surface area contributed by atoms with Crippen LogP contribution in [0.5, 0.6) is 17.2 Å². The van der Waals surface area contributed by atoms with Gasteiger partial charge in [0.05, 0.1) is 26.3 Å². The van der Waals surface area contributed by atoms with E-state index in [1.165, 1.54) is 0 Å². The maximum atomic E-state index is 12.7. The molecule has 1 atom stereocenters. The van der Waals surface area contributed by atoms with E-state index in [0.29, 0.717) is 35.1 Å². The highest BCUT2D eigenvalue weighted by Crippen LogP contribution is 2.31. The Kier molecular flexibility index (Phi) is 6.73. The lowest BCUT2D eigenvalue weighted by atomic mass is 10.1. The fourth-order valence-corrected chi connectivity index (χ4v) is 3.42. The molecule has 0 fully saturated rings. The Balaban J connectivity index is 1.40. The molecule has 0 bridgehead atoms. The third-order valence-electron chi connectivity index (χ3n) is 5.19. The summed E-state index contributed by atoms with van der Waals surface area (Å²) in [6.07, 6.45) is -0.133. The first-order valence-electron chi connectivity index (χ1n) is 10.6. The molecule has 0 aliphatic carbocycles. The van der Waals surface area contributed by atoms with Gasteiger partial charge in [-0.1, -0.05) is 42.4 Å². The van der Waals surface area contributed by atoms with Crippen molar-refractivity contribution >= 4 is 16.7 Å². The van der Waals surface area contributed by atoms with Crippen LogP contribution in [0.2, 0.25) is 0 Å². The number of nitrogens with one attached hydrogen (secondary N) is 1. The standard InChI is InChI=1S/C25H25N3O5/c1-4-21(32-19-10-9-16-7-5-6-8-17(16)13-19)25(29)26-15-23-27-24(28-33-23)20-12-11-18(30-2)14-22(20)31-3/h5-14,21H,4,15H2,1-3H3,(H,26,29)/t21-/m0/s1. The summed E-state index contributed by atoms with van der Waals surface area (Å²) < 4.78 is 21.8. The molecule has 4 rings (SSSR count). The molecule has 1 heterocycles. The number of carbonyl (C=O) groups is 1. The predicted octanol–water partition coefficient (Wildman–Crippen LogP) is 4.38. The van der Waals surface area contributed by atoms with Crippen molar-refractivity contribution in [1.82, 2.24) is 15.5 Å². The van der Waals surface area contributed by atoms with Gasteiger partial charge >= 0.3 is 0 Å². The van der Waals surface area contributed by atoms with E-state index in [9.17, 15) is 4.79 Å². The lowest BCUT2D eigenvalue weighted by Gasteiger charge is -2.17. The van der Waals surface area contributed by atoms with E-state index in [4.69, 9.17) is 18.7 Å². The summed E-state index contributed by atoms with van der Waals surface area (Å²) in [5.41, 5.74) is 0.658. The topological polar surface area (TPSA) is 95.7 Å². The van der Waals surface area contributed by atoms with Crippen molar-refractivity contribution in [3.8, 4) is 28.6 Å². The minimum Gasteiger partial charge on any atom is -0.497 e. The number of nitrogens with zero attached hydrogens (tertiary/aromatic N) is 2. The largest absolute Gasteiger partial charge is 0.497 e. The quantitative estimate of drug-likeness (QED) is 0.407. The van der Waals surface area contributed by atoms with E-state index in [-0.39, 0.29) is 18.3 Å². The van der Waals surface area contributed by atoms with Gasteiger partial charge in [-0.2, -0.15) is 4.98 Å². The second-order valence-electron chi connectivity index (χ2n) is 7.32. The molecule has 0 aliphatic rings. The van der Waals surface area contributed by atoms with Crippen molar-refractivity contribution in [3.05, 3.63) is 66.6 Å². The van der Waals surface area contributed by atoms with Crippen LogP contribution in [0.4, 0.5) is 0 Å². The Morgan fingerprint density at radius 3 is 2.55 bits per heavy atom. The van der Waals surface area contributed by atoms with Gasteiger partial charge in [-0.15, -0.1) is 0 Å². The summed E-state index contributed by atoms with van der Waals surface area (Å²) >= 11 is 0. The van der Waals surface area contributed by atoms with Crippen LogP contribution in [-0.2, 0) is 11.3 Å². The van der Waals surface area contributed by atoms with Gasteiger partial charge in [0.15, 0.2) is 6.10 Å². The molecule has 0 spiro atoms. The van der Waals surface area contributed by atoms with E-state index in [1.807, 2.05) is 49.4 Å². The van der Waals surface area contributed by atoms with E-state index >= 15 is 0 Å². The van der Waals surface area contributed by atoms with E-state index in [1.54, 1.807) is 32.4 Å². The molecule has 4 aromatic rings. The molecule has 0 saturated heterocycles. The molecule has 0 aliphatic heterocycles. The number of aromatic nitrogens is 2. The van der Waals surface area contributed by atoms with Crippen LogP contribution in [0.15, 0.2) is 65.2 Å². The molecule has 33 heavy (non-hydrogen) atoms. The summed E-state index contributed by atoms with van der Waals surface area (Å²) in [6.45, 7) is 1.98.